The second kappa shape index (κ2) is 8.84. The molecule has 1 amide bonds. The van der Waals surface area contributed by atoms with Crippen molar-refractivity contribution in [2.75, 3.05) is 19.6 Å². The number of rotatable bonds is 5. The minimum absolute atomic E-state index is 0.0617. The summed E-state index contributed by atoms with van der Waals surface area (Å²) in [6.45, 7) is 6.39. The SMILES string of the molecule is Cc1ccc2c(=O)cc(C(=O)NC[C@H](c3ccccc3)N3CCCCC3)oc2c1C. The molecule has 0 radical (unpaired) electrons. The van der Waals surface area contributed by atoms with Crippen molar-refractivity contribution in [2.24, 2.45) is 0 Å². The van der Waals surface area contributed by atoms with Crippen LogP contribution in [0.1, 0.15) is 52.5 Å². The molecular formula is C25H28N2O3. The Morgan fingerprint density at radius 1 is 1.07 bits per heavy atom. The number of fused-ring (bicyclic) bond motifs is 1. The van der Waals surface area contributed by atoms with Crippen molar-refractivity contribution in [1.29, 1.82) is 0 Å². The fourth-order valence-corrected chi connectivity index (χ4v) is 4.20. The average molecular weight is 405 g/mol. The molecule has 1 atom stereocenters. The zero-order chi connectivity index (χ0) is 21.1. The lowest BCUT2D eigenvalue weighted by molar-refractivity contribution is 0.0897. The number of piperidine rings is 1. The molecule has 30 heavy (non-hydrogen) atoms. The number of hydrogen-bond donors (Lipinski definition) is 1. The molecule has 2 aromatic carbocycles. The van der Waals surface area contributed by atoms with Crippen LogP contribution in [0.2, 0.25) is 0 Å². The minimum Gasteiger partial charge on any atom is -0.450 e. The zero-order valence-electron chi connectivity index (χ0n) is 17.6. The van der Waals surface area contributed by atoms with Gasteiger partial charge in [-0.05, 0) is 62.5 Å². The van der Waals surface area contributed by atoms with Crippen molar-refractivity contribution in [3.05, 3.63) is 81.2 Å². The number of hydrogen-bond acceptors (Lipinski definition) is 4. The predicted octanol–water partition coefficient (Wildman–Crippen LogP) is 4.37. The smallest absolute Gasteiger partial charge is 0.287 e. The third-order valence-electron chi connectivity index (χ3n) is 6.11. The van der Waals surface area contributed by atoms with Crippen LogP contribution in [-0.2, 0) is 0 Å². The van der Waals surface area contributed by atoms with Gasteiger partial charge in [0.25, 0.3) is 5.91 Å². The number of nitrogens with one attached hydrogen (secondary N) is 1. The van der Waals surface area contributed by atoms with Gasteiger partial charge in [0.2, 0.25) is 0 Å². The van der Waals surface area contributed by atoms with Gasteiger partial charge in [0.15, 0.2) is 11.2 Å². The van der Waals surface area contributed by atoms with Crippen LogP contribution in [0, 0.1) is 13.8 Å². The molecule has 0 unspecified atom stereocenters. The number of nitrogens with zero attached hydrogens (tertiary/aromatic N) is 1. The van der Waals surface area contributed by atoms with E-state index in [2.05, 4.69) is 22.3 Å². The van der Waals surface area contributed by atoms with E-state index in [1.807, 2.05) is 38.1 Å². The summed E-state index contributed by atoms with van der Waals surface area (Å²) in [4.78, 5) is 27.9. The molecule has 3 aromatic rings. The first kappa shape index (κ1) is 20.4. The summed E-state index contributed by atoms with van der Waals surface area (Å²) in [5.74, 6) is -0.292. The predicted molar refractivity (Wildman–Crippen MR) is 119 cm³/mol. The van der Waals surface area contributed by atoms with E-state index in [4.69, 9.17) is 4.42 Å². The molecule has 156 valence electrons. The zero-order valence-corrected chi connectivity index (χ0v) is 17.6. The van der Waals surface area contributed by atoms with Gasteiger partial charge in [-0.25, -0.2) is 0 Å². The number of aryl methyl sites for hydroxylation is 2. The molecule has 1 saturated heterocycles. The van der Waals surface area contributed by atoms with Crippen molar-refractivity contribution in [3.63, 3.8) is 0 Å². The normalized spacial score (nSPS) is 15.8. The van der Waals surface area contributed by atoms with E-state index in [9.17, 15) is 9.59 Å². The Hall–Kier alpha value is -2.92. The Bertz CT molecular complexity index is 1100. The molecule has 1 N–H and O–H groups in total. The quantitative estimate of drug-likeness (QED) is 0.686. The summed E-state index contributed by atoms with van der Waals surface area (Å²) in [5.41, 5.74) is 3.39. The van der Waals surface area contributed by atoms with Crippen molar-refractivity contribution in [2.45, 2.75) is 39.2 Å². The highest BCUT2D eigenvalue weighted by Gasteiger charge is 2.23. The van der Waals surface area contributed by atoms with Gasteiger partial charge >= 0.3 is 0 Å². The van der Waals surface area contributed by atoms with E-state index in [-0.39, 0.29) is 23.1 Å². The van der Waals surface area contributed by atoms with Crippen LogP contribution < -0.4 is 10.7 Å². The van der Waals surface area contributed by atoms with Gasteiger partial charge < -0.3 is 9.73 Å². The lowest BCUT2D eigenvalue weighted by Crippen LogP contribution is -2.40. The summed E-state index contributed by atoms with van der Waals surface area (Å²) >= 11 is 0. The van der Waals surface area contributed by atoms with Gasteiger partial charge in [-0.15, -0.1) is 0 Å². The van der Waals surface area contributed by atoms with Crippen molar-refractivity contribution < 1.29 is 9.21 Å². The Morgan fingerprint density at radius 3 is 2.53 bits per heavy atom. The Morgan fingerprint density at radius 2 is 1.80 bits per heavy atom. The molecule has 5 heteroatoms. The Labute approximate surface area is 176 Å². The molecule has 0 spiro atoms. The molecule has 5 nitrogen and oxygen atoms in total. The highest BCUT2D eigenvalue weighted by molar-refractivity contribution is 5.93. The maximum absolute atomic E-state index is 12.9. The maximum Gasteiger partial charge on any atom is 0.287 e. The van der Waals surface area contributed by atoms with Gasteiger partial charge in [-0.3, -0.25) is 14.5 Å². The van der Waals surface area contributed by atoms with Crippen molar-refractivity contribution >= 4 is 16.9 Å². The molecule has 1 fully saturated rings. The van der Waals surface area contributed by atoms with E-state index in [0.717, 1.165) is 24.2 Å². The van der Waals surface area contributed by atoms with Crippen LogP contribution in [0.15, 0.2) is 57.7 Å². The third-order valence-corrected chi connectivity index (χ3v) is 6.11. The Balaban J connectivity index is 1.57. The first-order valence-electron chi connectivity index (χ1n) is 10.7. The lowest BCUT2D eigenvalue weighted by atomic mass is 10.0. The highest BCUT2D eigenvalue weighted by atomic mass is 16.3. The average Bonchev–Trinajstić information content (AvgIpc) is 2.78. The van der Waals surface area contributed by atoms with E-state index in [0.29, 0.717) is 17.5 Å². The molecular weight excluding hydrogens is 376 g/mol. The van der Waals surface area contributed by atoms with Crippen LogP contribution in [0.25, 0.3) is 11.0 Å². The standard InChI is InChI=1S/C25H28N2O3/c1-17-11-12-20-22(28)15-23(30-24(20)18(17)2)25(29)26-16-21(19-9-5-3-6-10-19)27-13-7-4-8-14-27/h3,5-6,9-12,15,21H,4,7-8,13-14,16H2,1-2H3,(H,26,29)/t21-/m1/s1. The van der Waals surface area contributed by atoms with Gasteiger partial charge in [0.1, 0.15) is 5.58 Å². The van der Waals surface area contributed by atoms with Crippen molar-refractivity contribution in [3.8, 4) is 0 Å². The van der Waals surface area contributed by atoms with Gasteiger partial charge in [0, 0.05) is 12.6 Å². The molecule has 2 heterocycles. The first-order chi connectivity index (χ1) is 14.5. The Kier molecular flexibility index (Phi) is 6.00. The largest absolute Gasteiger partial charge is 0.450 e. The molecule has 1 aliphatic heterocycles. The summed E-state index contributed by atoms with van der Waals surface area (Å²) in [5, 5.41) is 3.51. The summed E-state index contributed by atoms with van der Waals surface area (Å²) in [6, 6.07) is 15.3. The lowest BCUT2D eigenvalue weighted by Gasteiger charge is -2.35. The summed E-state index contributed by atoms with van der Waals surface area (Å²) < 4.78 is 5.87. The van der Waals surface area contributed by atoms with Crippen molar-refractivity contribution in [1.82, 2.24) is 10.2 Å². The van der Waals surface area contributed by atoms with Crippen LogP contribution >= 0.6 is 0 Å². The number of carbonyl (C=O) groups excluding carboxylic acids is 1. The second-order valence-electron chi connectivity index (χ2n) is 8.09. The number of likely N-dealkylation sites (tertiary alicyclic amines) is 1. The van der Waals surface area contributed by atoms with Crippen LogP contribution in [0.3, 0.4) is 0 Å². The first-order valence-corrected chi connectivity index (χ1v) is 10.7. The van der Waals surface area contributed by atoms with E-state index >= 15 is 0 Å². The maximum atomic E-state index is 12.9. The summed E-state index contributed by atoms with van der Waals surface area (Å²) in [6.07, 6.45) is 3.61. The molecule has 4 rings (SSSR count). The van der Waals surface area contributed by atoms with Gasteiger partial charge in [0.05, 0.1) is 11.4 Å². The number of carbonyl (C=O) groups is 1. The topological polar surface area (TPSA) is 62.6 Å². The molecule has 1 aliphatic rings. The third kappa shape index (κ3) is 4.17. The van der Waals surface area contributed by atoms with E-state index in [1.54, 1.807) is 6.07 Å². The van der Waals surface area contributed by atoms with Gasteiger partial charge in [-0.2, -0.15) is 0 Å². The fourth-order valence-electron chi connectivity index (χ4n) is 4.20. The van der Waals surface area contributed by atoms with Gasteiger partial charge in [-0.1, -0.05) is 42.8 Å². The highest BCUT2D eigenvalue weighted by Crippen LogP contribution is 2.24. The molecule has 0 aliphatic carbocycles. The van der Waals surface area contributed by atoms with E-state index < -0.39 is 0 Å². The fraction of sp³-hybridized carbons (Fsp3) is 0.360. The molecule has 0 bridgehead atoms. The monoisotopic (exact) mass is 404 g/mol. The molecule has 1 aromatic heterocycles. The second-order valence-corrected chi connectivity index (χ2v) is 8.09. The summed E-state index contributed by atoms with van der Waals surface area (Å²) in [7, 11) is 0. The van der Waals surface area contributed by atoms with Crippen LogP contribution in [0.5, 0.6) is 0 Å². The van der Waals surface area contributed by atoms with Crippen LogP contribution in [-0.4, -0.2) is 30.4 Å². The minimum atomic E-state index is -0.354. The van der Waals surface area contributed by atoms with Crippen LogP contribution in [0.4, 0.5) is 0 Å². The number of benzene rings is 2. The van der Waals surface area contributed by atoms with E-state index in [1.165, 1.54) is 30.9 Å². The number of amides is 1. The molecule has 0 saturated carbocycles.